The van der Waals surface area contributed by atoms with E-state index in [2.05, 4.69) is 19.2 Å². The molecular formula is C50H93NO18. The van der Waals surface area contributed by atoms with E-state index in [-0.39, 0.29) is 18.9 Å². The fraction of sp³-hybridized carbons (Fsp3) is 0.940. The molecule has 0 aliphatic carbocycles. The van der Waals surface area contributed by atoms with Crippen LogP contribution in [0.3, 0.4) is 0 Å². The maximum Gasteiger partial charge on any atom is 0.220 e. The highest BCUT2D eigenvalue weighted by Gasteiger charge is 2.53. The predicted molar refractivity (Wildman–Crippen MR) is 254 cm³/mol. The number of aliphatic hydroxyl groups is 11. The highest BCUT2D eigenvalue weighted by atomic mass is 16.8. The molecule has 12 N–H and O–H groups in total. The summed E-state index contributed by atoms with van der Waals surface area (Å²) in [6.45, 7) is 1.63. The summed E-state index contributed by atoms with van der Waals surface area (Å²) in [5, 5.41) is 119. The number of allylic oxidation sites excluding steroid dienone is 1. The third-order valence-electron chi connectivity index (χ3n) is 13.6. The summed E-state index contributed by atoms with van der Waals surface area (Å²) in [6.07, 6.45) is 3.91. The molecule has 0 spiro atoms. The average molecular weight is 996 g/mol. The average Bonchev–Trinajstić information content (AvgIpc) is 3.34. The number of unbranched alkanes of at least 4 members (excludes halogenated alkanes) is 21. The van der Waals surface area contributed by atoms with Gasteiger partial charge in [0.2, 0.25) is 5.91 Å². The zero-order valence-corrected chi connectivity index (χ0v) is 41.5. The zero-order chi connectivity index (χ0) is 50.6. The minimum atomic E-state index is -1.97. The fourth-order valence-corrected chi connectivity index (χ4v) is 9.13. The Bertz CT molecular complexity index is 1330. The van der Waals surface area contributed by atoms with Crippen LogP contribution in [0.15, 0.2) is 12.2 Å². The fourth-order valence-electron chi connectivity index (χ4n) is 9.13. The highest BCUT2D eigenvalue weighted by molar-refractivity contribution is 5.76. The SMILES string of the molecule is CCCCCCC/C=C/C(O)C(COC1OC(CO)C(OC2OC(CO)C(OC3OC(CO)C(O)C(O)C3O)C(O)C2O)C(O)C1O)NC(=O)CCCCCCCCCCCCCCCCCCC. The lowest BCUT2D eigenvalue weighted by Gasteiger charge is -2.48. The van der Waals surface area contributed by atoms with E-state index < -0.39 is 124 Å². The monoisotopic (exact) mass is 996 g/mol. The molecule has 0 radical (unpaired) electrons. The van der Waals surface area contributed by atoms with Gasteiger partial charge in [-0.25, -0.2) is 0 Å². The number of carbonyl (C=O) groups excluding carboxylic acids is 1. The van der Waals surface area contributed by atoms with Crippen LogP contribution in [0.25, 0.3) is 0 Å². The minimum absolute atomic E-state index is 0.247. The molecule has 3 heterocycles. The van der Waals surface area contributed by atoms with Gasteiger partial charge in [-0.15, -0.1) is 0 Å². The van der Waals surface area contributed by atoms with Crippen molar-refractivity contribution in [1.29, 1.82) is 0 Å². The van der Waals surface area contributed by atoms with Gasteiger partial charge in [0.15, 0.2) is 18.9 Å². The summed E-state index contributed by atoms with van der Waals surface area (Å²) in [4.78, 5) is 13.2. The van der Waals surface area contributed by atoms with Crippen molar-refractivity contribution >= 4 is 5.91 Å². The van der Waals surface area contributed by atoms with Crippen molar-refractivity contribution in [2.45, 2.75) is 272 Å². The molecule has 3 aliphatic rings. The molecular weight excluding hydrogens is 903 g/mol. The maximum atomic E-state index is 13.2. The number of aliphatic hydroxyl groups excluding tert-OH is 11. The largest absolute Gasteiger partial charge is 0.394 e. The van der Waals surface area contributed by atoms with E-state index >= 15 is 0 Å². The van der Waals surface area contributed by atoms with Gasteiger partial charge in [-0.1, -0.05) is 154 Å². The molecule has 0 saturated carbocycles. The Balaban J connectivity index is 1.50. The molecule has 17 unspecified atom stereocenters. The van der Waals surface area contributed by atoms with Crippen LogP contribution in [0.2, 0.25) is 0 Å². The Morgan fingerprint density at radius 2 is 0.899 bits per heavy atom. The van der Waals surface area contributed by atoms with Gasteiger partial charge in [0.25, 0.3) is 0 Å². The van der Waals surface area contributed by atoms with Crippen LogP contribution in [0.4, 0.5) is 0 Å². The van der Waals surface area contributed by atoms with Gasteiger partial charge in [-0.2, -0.15) is 0 Å². The van der Waals surface area contributed by atoms with Crippen molar-refractivity contribution in [3.63, 3.8) is 0 Å². The van der Waals surface area contributed by atoms with Crippen molar-refractivity contribution in [2.24, 2.45) is 0 Å². The summed E-state index contributed by atoms with van der Waals surface area (Å²) in [5.41, 5.74) is 0. The Hall–Kier alpha value is -1.47. The molecule has 3 fully saturated rings. The molecule has 406 valence electrons. The normalized spacial score (nSPS) is 32.9. The van der Waals surface area contributed by atoms with Crippen LogP contribution in [0.1, 0.15) is 168 Å². The highest BCUT2D eigenvalue weighted by Crippen LogP contribution is 2.33. The zero-order valence-electron chi connectivity index (χ0n) is 41.5. The second-order valence-corrected chi connectivity index (χ2v) is 19.3. The molecule has 0 aromatic rings. The van der Waals surface area contributed by atoms with E-state index in [1.807, 2.05) is 6.08 Å². The van der Waals surface area contributed by atoms with Gasteiger partial charge in [-0.3, -0.25) is 4.79 Å². The molecule has 19 nitrogen and oxygen atoms in total. The molecule has 0 aromatic carbocycles. The number of rotatable bonds is 37. The summed E-state index contributed by atoms with van der Waals surface area (Å²) in [5.74, 6) is -0.279. The van der Waals surface area contributed by atoms with E-state index in [1.165, 1.54) is 83.5 Å². The summed E-state index contributed by atoms with van der Waals surface area (Å²) in [7, 11) is 0. The summed E-state index contributed by atoms with van der Waals surface area (Å²) < 4.78 is 34.0. The van der Waals surface area contributed by atoms with E-state index in [0.29, 0.717) is 6.42 Å². The molecule has 69 heavy (non-hydrogen) atoms. The Morgan fingerprint density at radius 3 is 1.36 bits per heavy atom. The second kappa shape index (κ2) is 35.6. The smallest absolute Gasteiger partial charge is 0.220 e. The number of nitrogens with one attached hydrogen (secondary N) is 1. The van der Waals surface area contributed by atoms with Gasteiger partial charge in [-0.05, 0) is 19.3 Å². The first-order valence-corrected chi connectivity index (χ1v) is 26.4. The number of carbonyl (C=O) groups is 1. The minimum Gasteiger partial charge on any atom is -0.394 e. The molecule has 17 atom stereocenters. The lowest BCUT2D eigenvalue weighted by molar-refractivity contribution is -0.379. The number of ether oxygens (including phenoxy) is 6. The van der Waals surface area contributed by atoms with Crippen molar-refractivity contribution in [3.8, 4) is 0 Å². The van der Waals surface area contributed by atoms with E-state index in [1.54, 1.807) is 6.08 Å². The lowest BCUT2D eigenvalue weighted by Crippen LogP contribution is -2.66. The first kappa shape index (κ1) is 61.8. The van der Waals surface area contributed by atoms with Gasteiger partial charge in [0, 0.05) is 6.42 Å². The molecule has 19 heteroatoms. The van der Waals surface area contributed by atoms with Gasteiger partial charge in [0.05, 0.1) is 38.6 Å². The quantitative estimate of drug-likeness (QED) is 0.0314. The molecule has 0 bridgehead atoms. The van der Waals surface area contributed by atoms with Gasteiger partial charge < -0.3 is 89.9 Å². The van der Waals surface area contributed by atoms with E-state index in [4.69, 9.17) is 28.4 Å². The number of amides is 1. The summed E-state index contributed by atoms with van der Waals surface area (Å²) >= 11 is 0. The molecule has 3 aliphatic heterocycles. The van der Waals surface area contributed by atoms with E-state index in [0.717, 1.165) is 57.8 Å². The van der Waals surface area contributed by atoms with E-state index in [9.17, 15) is 61.0 Å². The molecule has 3 saturated heterocycles. The van der Waals surface area contributed by atoms with Crippen molar-refractivity contribution in [2.75, 3.05) is 26.4 Å². The molecule has 0 aromatic heterocycles. The summed E-state index contributed by atoms with van der Waals surface area (Å²) in [6, 6.07) is -0.963. The standard InChI is InChI=1S/C50H93NO18/c1-3-5-7-9-11-12-13-14-15-16-17-18-19-20-22-24-26-28-38(56)51-33(34(55)27-25-23-21-10-8-6-4-2)32-64-48-44(62)41(59)46(36(30-53)66-48)69-50-45(63)42(60)47(37(31-54)67-50)68-49-43(61)40(58)39(57)35(29-52)65-49/h25,27,33-37,39-50,52-55,57-63H,3-24,26,28-32H2,1-2H3,(H,51,56)/b27-25+. The van der Waals surface area contributed by atoms with Gasteiger partial charge in [0.1, 0.15) is 73.2 Å². The van der Waals surface area contributed by atoms with Crippen LogP contribution < -0.4 is 5.32 Å². The van der Waals surface area contributed by atoms with Crippen LogP contribution in [0.5, 0.6) is 0 Å². The van der Waals surface area contributed by atoms with Crippen molar-refractivity contribution in [3.05, 3.63) is 12.2 Å². The van der Waals surface area contributed by atoms with Crippen molar-refractivity contribution < 1.29 is 89.4 Å². The Kier molecular flexibility index (Phi) is 31.9. The topological polar surface area (TPSA) is 307 Å². The van der Waals surface area contributed by atoms with Crippen LogP contribution in [-0.2, 0) is 33.2 Å². The molecule has 1 amide bonds. The predicted octanol–water partition coefficient (Wildman–Crippen LogP) is 2.26. The van der Waals surface area contributed by atoms with Crippen LogP contribution in [0, 0.1) is 0 Å². The maximum absolute atomic E-state index is 13.2. The number of hydrogen-bond donors (Lipinski definition) is 12. The van der Waals surface area contributed by atoms with Crippen LogP contribution in [-0.4, -0.2) is 193 Å². The van der Waals surface area contributed by atoms with Crippen LogP contribution >= 0.6 is 0 Å². The first-order chi connectivity index (χ1) is 33.3. The molecule has 3 rings (SSSR count). The lowest BCUT2D eigenvalue weighted by atomic mass is 9.96. The second-order valence-electron chi connectivity index (χ2n) is 19.3. The van der Waals surface area contributed by atoms with Gasteiger partial charge >= 0.3 is 0 Å². The number of hydrogen-bond acceptors (Lipinski definition) is 18. The third-order valence-corrected chi connectivity index (χ3v) is 13.6. The Labute approximate surface area is 410 Å². The van der Waals surface area contributed by atoms with Crippen molar-refractivity contribution in [1.82, 2.24) is 5.32 Å². The third kappa shape index (κ3) is 21.5. The first-order valence-electron chi connectivity index (χ1n) is 26.4. The Morgan fingerprint density at radius 1 is 0.507 bits per heavy atom.